The SMILES string of the molecule is CCCC(=O)c1cc(-c2cn(-c3ccc4c(C(=O)O)cc(O)nc4n3)nn2)nc(-c2cn(-c3ccc4c(C(=O)O)cc(O)nc4n3)nn2)c1. The Morgan fingerprint density at radius 1 is 0.633 bits per heavy atom. The van der Waals surface area contributed by atoms with E-state index >= 15 is 0 Å². The molecular weight excluding hydrogens is 638 g/mol. The third kappa shape index (κ3) is 5.69. The summed E-state index contributed by atoms with van der Waals surface area (Å²) < 4.78 is 2.62. The molecule has 0 saturated carbocycles. The molecule has 0 saturated heterocycles. The molecule has 7 aromatic heterocycles. The Labute approximate surface area is 273 Å². The summed E-state index contributed by atoms with van der Waals surface area (Å²) in [7, 11) is 0. The second-order valence-electron chi connectivity index (χ2n) is 10.6. The first-order valence-electron chi connectivity index (χ1n) is 14.5. The largest absolute Gasteiger partial charge is 0.493 e. The van der Waals surface area contributed by atoms with Gasteiger partial charge in [-0.25, -0.2) is 33.9 Å². The van der Waals surface area contributed by atoms with Crippen LogP contribution in [0.25, 0.3) is 56.5 Å². The number of aromatic hydroxyl groups is 2. The Bertz CT molecular complexity index is 2330. The zero-order valence-electron chi connectivity index (χ0n) is 25.1. The van der Waals surface area contributed by atoms with Crippen molar-refractivity contribution < 1.29 is 34.8 Å². The van der Waals surface area contributed by atoms with Crippen molar-refractivity contribution in [2.75, 3.05) is 0 Å². The molecule has 18 heteroatoms. The first-order valence-corrected chi connectivity index (χ1v) is 14.5. The second kappa shape index (κ2) is 11.8. The van der Waals surface area contributed by atoms with Gasteiger partial charge in [-0.1, -0.05) is 17.4 Å². The van der Waals surface area contributed by atoms with Crippen LogP contribution in [0.4, 0.5) is 0 Å². The zero-order chi connectivity index (χ0) is 34.4. The molecule has 49 heavy (non-hydrogen) atoms. The minimum absolute atomic E-state index is 0.0154. The van der Waals surface area contributed by atoms with Crippen LogP contribution in [-0.4, -0.2) is 93.1 Å². The Hall–Kier alpha value is -7.24. The Morgan fingerprint density at radius 2 is 1.10 bits per heavy atom. The smallest absolute Gasteiger partial charge is 0.336 e. The summed E-state index contributed by atoms with van der Waals surface area (Å²) in [6.07, 6.45) is 3.91. The van der Waals surface area contributed by atoms with Gasteiger partial charge in [-0.05, 0) is 42.8 Å². The Kier molecular flexibility index (Phi) is 7.35. The van der Waals surface area contributed by atoms with Crippen LogP contribution in [0.3, 0.4) is 0 Å². The Balaban J connectivity index is 1.26. The van der Waals surface area contributed by atoms with Gasteiger partial charge in [-0.15, -0.1) is 10.2 Å². The lowest BCUT2D eigenvalue weighted by Crippen LogP contribution is -2.03. The molecule has 0 fully saturated rings. The normalized spacial score (nSPS) is 11.3. The maximum Gasteiger partial charge on any atom is 0.336 e. The summed E-state index contributed by atoms with van der Waals surface area (Å²) in [4.78, 5) is 57.5. The van der Waals surface area contributed by atoms with Crippen molar-refractivity contribution >= 4 is 39.8 Å². The topological polar surface area (TPSA) is 258 Å². The molecule has 7 rings (SSSR count). The fourth-order valence-electron chi connectivity index (χ4n) is 5.08. The second-order valence-corrected chi connectivity index (χ2v) is 10.6. The number of fused-ring (bicyclic) bond motifs is 2. The minimum Gasteiger partial charge on any atom is -0.493 e. The van der Waals surface area contributed by atoms with E-state index in [-0.39, 0.29) is 79.8 Å². The number of pyridine rings is 5. The lowest BCUT2D eigenvalue weighted by atomic mass is 10.0. The quantitative estimate of drug-likeness (QED) is 0.162. The molecule has 0 radical (unpaired) electrons. The highest BCUT2D eigenvalue weighted by Gasteiger charge is 2.19. The summed E-state index contributed by atoms with van der Waals surface area (Å²) in [5.41, 5.74) is 1.10. The number of hydrogen-bond acceptors (Lipinski definition) is 14. The molecule has 7 aromatic rings. The maximum atomic E-state index is 13.1. The molecule has 4 N–H and O–H groups in total. The lowest BCUT2D eigenvalue weighted by molar-refractivity contribution is 0.0687. The van der Waals surface area contributed by atoms with Crippen molar-refractivity contribution in [2.24, 2.45) is 0 Å². The summed E-state index contributed by atoms with van der Waals surface area (Å²) in [5.74, 6) is -3.20. The van der Waals surface area contributed by atoms with Gasteiger partial charge in [0.2, 0.25) is 11.8 Å². The number of carboxylic acids is 2. The number of nitrogens with zero attached hydrogens (tertiary/aromatic N) is 11. The number of carbonyl (C=O) groups is 3. The molecule has 0 unspecified atom stereocenters. The zero-order valence-corrected chi connectivity index (χ0v) is 25.1. The van der Waals surface area contributed by atoms with E-state index in [1.165, 1.54) is 46.0 Å². The van der Waals surface area contributed by atoms with E-state index in [1.807, 2.05) is 6.92 Å². The van der Waals surface area contributed by atoms with Crippen LogP contribution in [0.1, 0.15) is 50.8 Å². The number of aromatic nitrogens is 11. The minimum atomic E-state index is -1.25. The van der Waals surface area contributed by atoms with Crippen LogP contribution in [-0.2, 0) is 0 Å². The average molecular weight is 660 g/mol. The van der Waals surface area contributed by atoms with Gasteiger partial charge in [0.15, 0.2) is 28.7 Å². The molecule has 0 aromatic carbocycles. The van der Waals surface area contributed by atoms with Gasteiger partial charge in [0.1, 0.15) is 11.4 Å². The number of Topliss-reactive ketones (excluding diaryl/α,β-unsaturated/α-hetero) is 1. The van der Waals surface area contributed by atoms with Crippen molar-refractivity contribution in [3.63, 3.8) is 0 Å². The molecule has 0 aliphatic rings. The third-order valence-corrected chi connectivity index (χ3v) is 7.36. The number of carboxylic acid groups (broad SMARTS) is 2. The maximum absolute atomic E-state index is 13.1. The van der Waals surface area contributed by atoms with Gasteiger partial charge in [0.25, 0.3) is 0 Å². The molecule has 18 nitrogen and oxygen atoms in total. The lowest BCUT2D eigenvalue weighted by Gasteiger charge is -2.06. The summed E-state index contributed by atoms with van der Waals surface area (Å²) >= 11 is 0. The van der Waals surface area contributed by atoms with E-state index in [4.69, 9.17) is 0 Å². The van der Waals surface area contributed by atoms with Crippen LogP contribution in [0, 0.1) is 0 Å². The monoisotopic (exact) mass is 659 g/mol. The van der Waals surface area contributed by atoms with Crippen LogP contribution >= 0.6 is 0 Å². The fourth-order valence-corrected chi connectivity index (χ4v) is 5.08. The first kappa shape index (κ1) is 30.4. The molecule has 0 atom stereocenters. The number of aromatic carboxylic acids is 2. The molecule has 242 valence electrons. The summed E-state index contributed by atoms with van der Waals surface area (Å²) in [6, 6.07) is 11.2. The molecule has 0 aliphatic heterocycles. The van der Waals surface area contributed by atoms with Crippen LogP contribution < -0.4 is 0 Å². The van der Waals surface area contributed by atoms with Crippen molar-refractivity contribution in [3.8, 4) is 46.2 Å². The van der Waals surface area contributed by atoms with E-state index in [9.17, 15) is 34.8 Å². The van der Waals surface area contributed by atoms with Gasteiger partial charge < -0.3 is 20.4 Å². The molecular formula is C31H21N11O7. The van der Waals surface area contributed by atoms with Crippen LogP contribution in [0.5, 0.6) is 11.8 Å². The molecule has 0 spiro atoms. The van der Waals surface area contributed by atoms with Gasteiger partial charge in [0.05, 0.1) is 34.9 Å². The van der Waals surface area contributed by atoms with Gasteiger partial charge in [-0.3, -0.25) is 4.79 Å². The highest BCUT2D eigenvalue weighted by Crippen LogP contribution is 2.27. The number of carbonyl (C=O) groups excluding carboxylic acids is 1. The number of hydrogen-bond donors (Lipinski definition) is 4. The van der Waals surface area contributed by atoms with Crippen molar-refractivity contribution in [3.05, 3.63) is 77.6 Å². The third-order valence-electron chi connectivity index (χ3n) is 7.36. The predicted octanol–water partition coefficient (Wildman–Crippen LogP) is 3.25. The van der Waals surface area contributed by atoms with Gasteiger partial charge in [0, 0.05) is 34.9 Å². The highest BCUT2D eigenvalue weighted by molar-refractivity contribution is 6.03. The standard InChI is InChI=1S/C31H21N11O7/c1-2-3-23(43)14-8-19(21-12-41(39-37-21)24-6-4-15-17(30(46)47)10-26(44)35-28(15)33-24)32-20(9-14)22-13-42(40-38-22)25-7-5-16-18(31(48)49)11-27(45)36-29(16)34-25/h4-13H,2-3H2,1H3,(H,46,47)(H,48,49)(H,33,35,44)(H,34,36,45). The predicted molar refractivity (Wildman–Crippen MR) is 168 cm³/mol. The summed E-state index contributed by atoms with van der Waals surface area (Å²) in [6.45, 7) is 1.88. The average Bonchev–Trinajstić information content (AvgIpc) is 3.78. The Morgan fingerprint density at radius 3 is 1.53 bits per heavy atom. The van der Waals surface area contributed by atoms with E-state index < -0.39 is 23.7 Å². The molecule has 0 aliphatic carbocycles. The fraction of sp³-hybridized carbons (Fsp3) is 0.0968. The molecule has 0 bridgehead atoms. The van der Waals surface area contributed by atoms with Crippen LogP contribution in [0.15, 0.2) is 60.9 Å². The van der Waals surface area contributed by atoms with Crippen molar-refractivity contribution in [2.45, 2.75) is 19.8 Å². The van der Waals surface area contributed by atoms with E-state index in [0.717, 1.165) is 12.1 Å². The van der Waals surface area contributed by atoms with Crippen molar-refractivity contribution in [1.82, 2.24) is 54.9 Å². The first-order chi connectivity index (χ1) is 23.6. The van der Waals surface area contributed by atoms with E-state index in [1.54, 1.807) is 12.1 Å². The number of rotatable bonds is 9. The van der Waals surface area contributed by atoms with E-state index in [2.05, 4.69) is 45.5 Å². The highest BCUT2D eigenvalue weighted by atomic mass is 16.4. The summed E-state index contributed by atoms with van der Waals surface area (Å²) in [5, 5.41) is 55.9. The van der Waals surface area contributed by atoms with E-state index in [0.29, 0.717) is 12.0 Å². The van der Waals surface area contributed by atoms with Crippen LogP contribution in [0.2, 0.25) is 0 Å². The molecule has 0 amide bonds. The molecule has 7 heterocycles. The number of ketones is 1. The van der Waals surface area contributed by atoms with Gasteiger partial charge in [-0.2, -0.15) is 9.97 Å². The van der Waals surface area contributed by atoms with Gasteiger partial charge >= 0.3 is 11.9 Å². The van der Waals surface area contributed by atoms with Crippen molar-refractivity contribution in [1.29, 1.82) is 0 Å².